The van der Waals surface area contributed by atoms with Crippen LogP contribution in [0.2, 0.25) is 0 Å². The molecule has 146 valence electrons. The molecule has 0 saturated carbocycles. The van der Waals surface area contributed by atoms with Crippen LogP contribution in [0.4, 0.5) is 0 Å². The minimum Gasteiger partial charge on any atom is -0.312 e. The number of hydrogen-bond donors (Lipinski definition) is 2. The summed E-state index contributed by atoms with van der Waals surface area (Å²) in [5, 5.41) is 0.0465. The molecule has 2 N–H and O–H groups in total. The Hall–Kier alpha value is -1.56. The van der Waals surface area contributed by atoms with Gasteiger partial charge in [-0.05, 0) is 40.3 Å². The van der Waals surface area contributed by atoms with Crippen LogP contribution in [-0.4, -0.2) is 77.0 Å². The monoisotopic (exact) mass is 404 g/mol. The highest BCUT2D eigenvalue weighted by atomic mass is 32.2. The normalized spacial score (nSPS) is 14.3. The van der Waals surface area contributed by atoms with Gasteiger partial charge in [-0.3, -0.25) is 9.11 Å². The van der Waals surface area contributed by atoms with Gasteiger partial charge in [0.2, 0.25) is 0 Å². The standard InChI is InChI=1S/C10H8O6S2.C3H7N.C3H9N/c11-17(12,13)9-5-1-3-7-8(9)4-2-6-10(7)18(14,15)16;1-4-2-3-4;1-4(2)3/h1-6H,(H,11,12,13)(H,14,15,16);2-3H2,1H3;1-3H3. The Labute approximate surface area is 154 Å². The van der Waals surface area contributed by atoms with Crippen molar-refractivity contribution >= 4 is 31.0 Å². The van der Waals surface area contributed by atoms with Gasteiger partial charge in [-0.25, -0.2) is 0 Å². The van der Waals surface area contributed by atoms with E-state index in [4.69, 9.17) is 9.11 Å². The van der Waals surface area contributed by atoms with Gasteiger partial charge in [-0.15, -0.1) is 0 Å². The first-order chi connectivity index (χ1) is 11.8. The molecule has 1 aliphatic heterocycles. The van der Waals surface area contributed by atoms with Gasteiger partial charge in [0, 0.05) is 23.9 Å². The lowest BCUT2D eigenvalue weighted by Crippen LogP contribution is -2.02. The van der Waals surface area contributed by atoms with E-state index in [2.05, 4.69) is 11.9 Å². The molecule has 0 aromatic heterocycles. The molecule has 1 saturated heterocycles. The fourth-order valence-corrected chi connectivity index (χ4v) is 3.22. The van der Waals surface area contributed by atoms with Crippen LogP contribution < -0.4 is 0 Å². The highest BCUT2D eigenvalue weighted by Crippen LogP contribution is 2.27. The molecular formula is C16H24N2O6S2. The van der Waals surface area contributed by atoms with Crippen molar-refractivity contribution in [2.45, 2.75) is 9.79 Å². The van der Waals surface area contributed by atoms with Gasteiger partial charge in [0.1, 0.15) is 9.79 Å². The molecule has 0 bridgehead atoms. The average molecular weight is 405 g/mol. The van der Waals surface area contributed by atoms with Crippen LogP contribution in [0.5, 0.6) is 0 Å². The molecule has 0 unspecified atom stereocenters. The van der Waals surface area contributed by atoms with E-state index in [1.54, 1.807) is 0 Å². The summed E-state index contributed by atoms with van der Waals surface area (Å²) in [4.78, 5) is 3.43. The zero-order chi connectivity index (χ0) is 20.1. The third-order valence-electron chi connectivity index (χ3n) is 3.07. The minimum atomic E-state index is -4.47. The van der Waals surface area contributed by atoms with Gasteiger partial charge < -0.3 is 9.80 Å². The molecule has 0 spiro atoms. The molecule has 0 atom stereocenters. The summed E-state index contributed by atoms with van der Waals surface area (Å²) in [5.74, 6) is 0. The van der Waals surface area contributed by atoms with E-state index in [0.29, 0.717) is 0 Å². The largest absolute Gasteiger partial charge is 0.312 e. The van der Waals surface area contributed by atoms with Crippen molar-refractivity contribution in [3.8, 4) is 0 Å². The average Bonchev–Trinajstić information content (AvgIpc) is 3.26. The lowest BCUT2D eigenvalue weighted by Gasteiger charge is -2.06. The van der Waals surface area contributed by atoms with Crippen molar-refractivity contribution in [2.75, 3.05) is 41.3 Å². The Kier molecular flexibility index (Phi) is 7.69. The number of fused-ring (bicyclic) bond motifs is 1. The fraction of sp³-hybridized carbons (Fsp3) is 0.375. The maximum atomic E-state index is 11.2. The predicted octanol–water partition coefficient (Wildman–Crippen LogP) is 1.44. The lowest BCUT2D eigenvalue weighted by atomic mass is 10.1. The van der Waals surface area contributed by atoms with Crippen LogP contribution in [0.25, 0.3) is 10.8 Å². The SMILES string of the molecule is CN(C)C.CN1CC1.O=S(=O)(O)c1cccc2c(S(=O)(=O)O)cccc12. The van der Waals surface area contributed by atoms with Crippen LogP contribution in [0.3, 0.4) is 0 Å². The van der Waals surface area contributed by atoms with Crippen molar-refractivity contribution in [1.29, 1.82) is 0 Å². The summed E-state index contributed by atoms with van der Waals surface area (Å²) in [6.45, 7) is 2.64. The second kappa shape index (κ2) is 8.89. The molecule has 0 aliphatic carbocycles. The molecule has 2 aromatic rings. The van der Waals surface area contributed by atoms with Gasteiger partial charge in [-0.1, -0.05) is 24.3 Å². The van der Waals surface area contributed by atoms with E-state index in [1.807, 2.05) is 26.0 Å². The number of rotatable bonds is 2. The molecule has 0 amide bonds. The zero-order valence-electron chi connectivity index (χ0n) is 15.1. The molecule has 1 fully saturated rings. The van der Waals surface area contributed by atoms with Crippen molar-refractivity contribution < 1.29 is 25.9 Å². The van der Waals surface area contributed by atoms with Crippen LogP contribution >= 0.6 is 0 Å². The first-order valence-electron chi connectivity index (χ1n) is 7.60. The van der Waals surface area contributed by atoms with Crippen LogP contribution in [0.15, 0.2) is 46.2 Å². The van der Waals surface area contributed by atoms with Gasteiger partial charge in [0.15, 0.2) is 0 Å². The number of likely N-dealkylation sites (N-methyl/N-ethyl adjacent to an activating group) is 1. The first-order valence-corrected chi connectivity index (χ1v) is 10.5. The van der Waals surface area contributed by atoms with E-state index >= 15 is 0 Å². The zero-order valence-corrected chi connectivity index (χ0v) is 16.7. The Morgan fingerprint density at radius 3 is 1.27 bits per heavy atom. The third-order valence-corrected chi connectivity index (χ3v) is 4.89. The highest BCUT2D eigenvalue weighted by Gasteiger charge is 2.18. The smallest absolute Gasteiger partial charge is 0.295 e. The molecule has 26 heavy (non-hydrogen) atoms. The molecule has 1 aliphatic rings. The summed E-state index contributed by atoms with van der Waals surface area (Å²) in [6.07, 6.45) is 0. The second-order valence-electron chi connectivity index (χ2n) is 6.20. The Morgan fingerprint density at radius 2 is 1.08 bits per heavy atom. The maximum Gasteiger partial charge on any atom is 0.295 e. The van der Waals surface area contributed by atoms with E-state index in [-0.39, 0.29) is 10.8 Å². The highest BCUT2D eigenvalue weighted by molar-refractivity contribution is 7.86. The Bertz CT molecular complexity index is 878. The predicted molar refractivity (Wildman–Crippen MR) is 101 cm³/mol. The fourth-order valence-electron chi connectivity index (χ4n) is 1.80. The second-order valence-corrected chi connectivity index (χ2v) is 8.98. The van der Waals surface area contributed by atoms with Crippen molar-refractivity contribution in [3.05, 3.63) is 36.4 Å². The van der Waals surface area contributed by atoms with Gasteiger partial charge in [0.05, 0.1) is 0 Å². The van der Waals surface area contributed by atoms with Crippen molar-refractivity contribution in [2.24, 2.45) is 0 Å². The summed E-state index contributed by atoms with van der Waals surface area (Å²) in [7, 11) is -0.825. The van der Waals surface area contributed by atoms with Gasteiger partial charge in [0.25, 0.3) is 20.2 Å². The van der Waals surface area contributed by atoms with Crippen molar-refractivity contribution in [1.82, 2.24) is 9.80 Å². The number of benzene rings is 2. The van der Waals surface area contributed by atoms with Crippen LogP contribution in [0.1, 0.15) is 0 Å². The quantitative estimate of drug-likeness (QED) is 0.571. The topological polar surface area (TPSA) is 115 Å². The lowest BCUT2D eigenvalue weighted by molar-refractivity contribution is 0.481. The molecule has 0 radical (unpaired) electrons. The van der Waals surface area contributed by atoms with E-state index in [0.717, 1.165) is 12.1 Å². The maximum absolute atomic E-state index is 11.2. The number of hydrogen-bond acceptors (Lipinski definition) is 6. The summed E-state index contributed by atoms with van der Waals surface area (Å²) >= 11 is 0. The summed E-state index contributed by atoms with van der Waals surface area (Å²) in [6, 6.07) is 7.53. The Morgan fingerprint density at radius 1 is 0.808 bits per heavy atom. The van der Waals surface area contributed by atoms with Crippen molar-refractivity contribution in [3.63, 3.8) is 0 Å². The molecule has 10 heteroatoms. The molecular weight excluding hydrogens is 380 g/mol. The summed E-state index contributed by atoms with van der Waals surface area (Å²) < 4.78 is 62.7. The van der Waals surface area contributed by atoms with Crippen LogP contribution in [-0.2, 0) is 20.2 Å². The van der Waals surface area contributed by atoms with Gasteiger partial charge >= 0.3 is 0 Å². The minimum absolute atomic E-state index is 0.0233. The van der Waals surface area contributed by atoms with Gasteiger partial charge in [-0.2, -0.15) is 16.8 Å². The van der Waals surface area contributed by atoms with E-state index in [9.17, 15) is 16.8 Å². The Balaban J connectivity index is 0.000000350. The van der Waals surface area contributed by atoms with E-state index < -0.39 is 30.0 Å². The van der Waals surface area contributed by atoms with E-state index in [1.165, 1.54) is 37.4 Å². The number of nitrogens with zero attached hydrogens (tertiary/aromatic N) is 2. The molecule has 1 heterocycles. The molecule has 3 rings (SSSR count). The third kappa shape index (κ3) is 7.36. The summed E-state index contributed by atoms with van der Waals surface area (Å²) in [5.41, 5.74) is 0. The molecule has 2 aromatic carbocycles. The van der Waals surface area contributed by atoms with Crippen LogP contribution in [0, 0.1) is 0 Å². The molecule has 8 nitrogen and oxygen atoms in total. The first kappa shape index (κ1) is 22.5.